The van der Waals surface area contributed by atoms with Crippen LogP contribution in [0, 0.1) is 5.82 Å². The number of nitrogens with one attached hydrogen (secondary N) is 1. The first kappa shape index (κ1) is 21.0. The summed E-state index contributed by atoms with van der Waals surface area (Å²) in [6, 6.07) is 0. The van der Waals surface area contributed by atoms with E-state index in [0.29, 0.717) is 6.20 Å². The molecule has 3 rings (SSSR count). The second-order valence-electron chi connectivity index (χ2n) is 6.44. The molecule has 28 heavy (non-hydrogen) atoms. The SMILES string of the molecule is CO[C@@H]1[C@H](O)[C@@H](COC2O[C@H](CO)[C@@H](O)[C@H]2O)O[C@H]1n1cc(F)c(=O)[nH]c1=O. The largest absolute Gasteiger partial charge is 0.394 e. The van der Waals surface area contributed by atoms with E-state index in [1.54, 1.807) is 4.98 Å². The molecule has 1 unspecified atom stereocenters. The highest BCUT2D eigenvalue weighted by molar-refractivity contribution is 4.96. The Hall–Kier alpha value is -1.71. The van der Waals surface area contributed by atoms with Gasteiger partial charge in [-0.25, -0.2) is 4.79 Å². The molecule has 2 aliphatic heterocycles. The van der Waals surface area contributed by atoms with Gasteiger partial charge in [0.15, 0.2) is 12.5 Å². The van der Waals surface area contributed by atoms with Crippen LogP contribution in [0.15, 0.2) is 15.8 Å². The minimum atomic E-state index is -1.43. The van der Waals surface area contributed by atoms with Crippen LogP contribution in [0.4, 0.5) is 4.39 Å². The predicted molar refractivity (Wildman–Crippen MR) is 85.7 cm³/mol. The Morgan fingerprint density at radius 2 is 1.89 bits per heavy atom. The molecule has 2 fully saturated rings. The second-order valence-corrected chi connectivity index (χ2v) is 6.44. The third-order valence-corrected chi connectivity index (χ3v) is 4.71. The maximum atomic E-state index is 13.6. The van der Waals surface area contributed by atoms with Crippen LogP contribution in [0.25, 0.3) is 0 Å². The molecule has 12 nitrogen and oxygen atoms in total. The van der Waals surface area contributed by atoms with Crippen molar-refractivity contribution >= 4 is 0 Å². The van der Waals surface area contributed by atoms with Gasteiger partial charge in [-0.15, -0.1) is 0 Å². The van der Waals surface area contributed by atoms with Crippen molar-refractivity contribution in [3.63, 3.8) is 0 Å². The predicted octanol–water partition coefficient (Wildman–Crippen LogP) is -3.60. The first-order valence-electron chi connectivity index (χ1n) is 8.39. The zero-order valence-electron chi connectivity index (χ0n) is 14.7. The molecule has 8 atom stereocenters. The van der Waals surface area contributed by atoms with E-state index >= 15 is 0 Å². The minimum Gasteiger partial charge on any atom is -0.394 e. The number of hydrogen-bond donors (Lipinski definition) is 5. The topological polar surface area (TPSA) is 173 Å². The summed E-state index contributed by atoms with van der Waals surface area (Å²) < 4.78 is 35.4. The molecular weight excluding hydrogens is 387 g/mol. The van der Waals surface area contributed by atoms with E-state index in [4.69, 9.17) is 24.1 Å². The molecule has 0 aliphatic carbocycles. The van der Waals surface area contributed by atoms with Gasteiger partial charge >= 0.3 is 5.69 Å². The molecule has 158 valence electrons. The minimum absolute atomic E-state index is 0.343. The summed E-state index contributed by atoms with van der Waals surface area (Å²) in [5.74, 6) is -1.22. The van der Waals surface area contributed by atoms with Crippen LogP contribution >= 0.6 is 0 Å². The molecular formula is C15H21FN2O10. The standard InChI is InChI=1S/C15H21FN2O10/c1-25-11-9(21)7(4-26-14-10(22)8(20)6(3-19)28-14)27-13(11)18-2-5(16)12(23)17-15(18)24/h2,6-11,13-14,19-22H,3-4H2,1H3,(H,17,23,24)/t6-,7-,8-,9-,10-,11-,13-,14?/m1/s1. The van der Waals surface area contributed by atoms with Crippen molar-refractivity contribution in [2.75, 3.05) is 20.3 Å². The van der Waals surface area contributed by atoms with Crippen LogP contribution < -0.4 is 11.2 Å². The Morgan fingerprint density at radius 3 is 2.50 bits per heavy atom. The fourth-order valence-corrected chi connectivity index (χ4v) is 3.18. The highest BCUT2D eigenvalue weighted by Crippen LogP contribution is 2.31. The number of H-pyrrole nitrogens is 1. The molecule has 1 aromatic rings. The number of nitrogens with zero attached hydrogens (tertiary/aromatic N) is 1. The lowest BCUT2D eigenvalue weighted by Gasteiger charge is -2.20. The van der Waals surface area contributed by atoms with Crippen molar-refractivity contribution in [1.29, 1.82) is 0 Å². The molecule has 3 heterocycles. The van der Waals surface area contributed by atoms with Gasteiger partial charge in [0.05, 0.1) is 19.4 Å². The Labute approximate surface area is 156 Å². The summed E-state index contributed by atoms with van der Waals surface area (Å²) in [5.41, 5.74) is -2.16. The summed E-state index contributed by atoms with van der Waals surface area (Å²) in [6.45, 7) is -0.875. The summed E-state index contributed by atoms with van der Waals surface area (Å²) in [4.78, 5) is 24.9. The van der Waals surface area contributed by atoms with Crippen LogP contribution in [0.3, 0.4) is 0 Å². The van der Waals surface area contributed by atoms with Gasteiger partial charge < -0.3 is 39.4 Å². The normalized spacial score (nSPS) is 38.2. The fourth-order valence-electron chi connectivity index (χ4n) is 3.18. The van der Waals surface area contributed by atoms with E-state index in [-0.39, 0.29) is 6.61 Å². The van der Waals surface area contributed by atoms with Crippen molar-refractivity contribution in [1.82, 2.24) is 9.55 Å². The highest BCUT2D eigenvalue weighted by Gasteiger charge is 2.48. The van der Waals surface area contributed by atoms with E-state index in [9.17, 15) is 29.3 Å². The Balaban J connectivity index is 1.72. The molecule has 2 saturated heterocycles. The van der Waals surface area contributed by atoms with E-state index in [1.807, 2.05) is 0 Å². The lowest BCUT2D eigenvalue weighted by atomic mass is 10.1. The molecule has 0 amide bonds. The van der Waals surface area contributed by atoms with Crippen molar-refractivity contribution in [2.24, 2.45) is 0 Å². The van der Waals surface area contributed by atoms with Gasteiger partial charge in [-0.2, -0.15) is 4.39 Å². The monoisotopic (exact) mass is 408 g/mol. The average Bonchev–Trinajstić information content (AvgIpc) is 3.13. The van der Waals surface area contributed by atoms with Crippen LogP contribution in [0.5, 0.6) is 0 Å². The summed E-state index contributed by atoms with van der Waals surface area (Å²) in [5, 5.41) is 39.0. The fraction of sp³-hybridized carbons (Fsp3) is 0.733. The quantitative estimate of drug-likeness (QED) is 0.317. The van der Waals surface area contributed by atoms with Gasteiger partial charge in [-0.05, 0) is 0 Å². The molecule has 13 heteroatoms. The number of aliphatic hydroxyl groups excluding tert-OH is 4. The molecule has 1 aromatic heterocycles. The van der Waals surface area contributed by atoms with Crippen molar-refractivity contribution in [3.05, 3.63) is 32.9 Å². The van der Waals surface area contributed by atoms with Crippen LogP contribution in [-0.4, -0.2) is 93.2 Å². The Kier molecular flexibility index (Phi) is 6.26. The molecule has 2 aliphatic rings. The van der Waals surface area contributed by atoms with Crippen LogP contribution in [0.2, 0.25) is 0 Å². The first-order chi connectivity index (χ1) is 13.3. The number of rotatable bonds is 6. The van der Waals surface area contributed by atoms with Crippen molar-refractivity contribution < 1.29 is 43.8 Å². The van der Waals surface area contributed by atoms with E-state index in [2.05, 4.69) is 0 Å². The smallest absolute Gasteiger partial charge is 0.330 e. The number of aromatic amines is 1. The van der Waals surface area contributed by atoms with E-state index in [1.165, 1.54) is 7.11 Å². The average molecular weight is 408 g/mol. The van der Waals surface area contributed by atoms with Gasteiger partial charge in [0.25, 0.3) is 5.56 Å². The molecule has 0 bridgehead atoms. The van der Waals surface area contributed by atoms with Gasteiger partial charge in [-0.1, -0.05) is 0 Å². The third-order valence-electron chi connectivity index (χ3n) is 4.71. The van der Waals surface area contributed by atoms with Gasteiger partial charge in [0.1, 0.15) is 36.6 Å². The van der Waals surface area contributed by atoms with Gasteiger partial charge in [0, 0.05) is 7.11 Å². The summed E-state index contributed by atoms with van der Waals surface area (Å²) >= 11 is 0. The maximum Gasteiger partial charge on any atom is 0.330 e. The number of hydrogen-bond acceptors (Lipinski definition) is 10. The Bertz CT molecular complexity index is 800. The molecule has 0 aromatic carbocycles. The van der Waals surface area contributed by atoms with E-state index < -0.39 is 72.8 Å². The lowest BCUT2D eigenvalue weighted by Crippen LogP contribution is -2.40. The number of halogens is 1. The number of methoxy groups -OCH3 is 1. The summed E-state index contributed by atoms with van der Waals surface area (Å²) in [6.07, 6.45) is -9.20. The number of ether oxygens (including phenoxy) is 4. The third kappa shape index (κ3) is 3.75. The molecule has 0 saturated carbocycles. The van der Waals surface area contributed by atoms with Gasteiger partial charge in [0.2, 0.25) is 5.82 Å². The summed E-state index contributed by atoms with van der Waals surface area (Å²) in [7, 11) is 1.24. The Morgan fingerprint density at radius 1 is 1.18 bits per heavy atom. The lowest BCUT2D eigenvalue weighted by molar-refractivity contribution is -0.190. The zero-order valence-corrected chi connectivity index (χ0v) is 14.7. The molecule has 0 radical (unpaired) electrons. The van der Waals surface area contributed by atoms with Crippen LogP contribution in [0.1, 0.15) is 6.23 Å². The van der Waals surface area contributed by atoms with Crippen molar-refractivity contribution in [3.8, 4) is 0 Å². The van der Waals surface area contributed by atoms with Crippen molar-refractivity contribution in [2.45, 2.75) is 49.1 Å². The molecule has 5 N–H and O–H groups in total. The zero-order chi connectivity index (χ0) is 20.6. The van der Waals surface area contributed by atoms with Gasteiger partial charge in [-0.3, -0.25) is 14.3 Å². The van der Waals surface area contributed by atoms with E-state index in [0.717, 1.165) is 4.57 Å². The first-order valence-corrected chi connectivity index (χ1v) is 8.39. The number of aliphatic hydroxyl groups is 4. The maximum absolute atomic E-state index is 13.6. The number of aromatic nitrogens is 2. The van der Waals surface area contributed by atoms with Crippen LogP contribution in [-0.2, 0) is 18.9 Å². The molecule has 0 spiro atoms. The second kappa shape index (κ2) is 8.34. The highest BCUT2D eigenvalue weighted by atomic mass is 19.1.